The number of rotatable bonds is 7. The summed E-state index contributed by atoms with van der Waals surface area (Å²) in [7, 11) is 1.50. The highest BCUT2D eigenvalue weighted by atomic mass is 19.3. The number of hydrogen-bond acceptors (Lipinski definition) is 6. The van der Waals surface area contributed by atoms with Crippen LogP contribution in [0.2, 0.25) is 0 Å². The van der Waals surface area contributed by atoms with Crippen LogP contribution >= 0.6 is 0 Å². The van der Waals surface area contributed by atoms with Gasteiger partial charge >= 0.3 is 0 Å². The zero-order valence-corrected chi connectivity index (χ0v) is 22.5. The topological polar surface area (TPSA) is 101 Å². The van der Waals surface area contributed by atoms with E-state index in [-0.39, 0.29) is 23.4 Å². The Kier molecular flexibility index (Phi) is 7.01. The highest BCUT2D eigenvalue weighted by Gasteiger charge is 2.31. The normalized spacial score (nSPS) is 19.7. The van der Waals surface area contributed by atoms with Gasteiger partial charge in [-0.3, -0.25) is 4.79 Å². The third kappa shape index (κ3) is 4.84. The first-order valence-corrected chi connectivity index (χ1v) is 13.8. The Morgan fingerprint density at radius 1 is 1.15 bits per heavy atom. The van der Waals surface area contributed by atoms with Crippen LogP contribution in [0.4, 0.5) is 19.1 Å². The van der Waals surface area contributed by atoms with Gasteiger partial charge in [0, 0.05) is 36.8 Å². The summed E-state index contributed by atoms with van der Waals surface area (Å²) in [5.74, 6) is 0.792. The van der Waals surface area contributed by atoms with Crippen LogP contribution in [0.5, 0.6) is 5.88 Å². The lowest BCUT2D eigenvalue weighted by molar-refractivity contribution is -0.135. The number of nitrogens with one attached hydrogen (secondary N) is 2. The van der Waals surface area contributed by atoms with E-state index in [0.717, 1.165) is 51.6 Å². The first kappa shape index (κ1) is 26.4. The molecule has 212 valence electrons. The van der Waals surface area contributed by atoms with E-state index >= 15 is 4.39 Å². The third-order valence-corrected chi connectivity index (χ3v) is 8.15. The Labute approximate surface area is 229 Å². The highest BCUT2D eigenvalue weighted by Crippen LogP contribution is 2.37. The molecule has 1 aliphatic carbocycles. The summed E-state index contributed by atoms with van der Waals surface area (Å²) in [5.41, 5.74) is 1.89. The van der Waals surface area contributed by atoms with Crippen molar-refractivity contribution in [2.24, 2.45) is 5.92 Å². The predicted octanol–water partition coefficient (Wildman–Crippen LogP) is 5.29. The monoisotopic (exact) mass is 555 g/mol. The van der Waals surface area contributed by atoms with Gasteiger partial charge in [-0.05, 0) is 63.1 Å². The second kappa shape index (κ2) is 10.6. The minimum Gasteiger partial charge on any atom is -0.480 e. The van der Waals surface area contributed by atoms with Crippen molar-refractivity contribution in [2.45, 2.75) is 64.5 Å². The Bertz CT molecular complexity index is 1550. The molecule has 2 aliphatic rings. The molecule has 2 N–H and O–H groups in total. The molecular weight excluding hydrogens is 523 g/mol. The number of anilines is 1. The Balaban J connectivity index is 1.25. The van der Waals surface area contributed by atoms with Crippen molar-refractivity contribution in [1.29, 1.82) is 0 Å². The molecule has 4 aromatic rings. The summed E-state index contributed by atoms with van der Waals surface area (Å²) >= 11 is 0. The fourth-order valence-electron chi connectivity index (χ4n) is 6.12. The maximum atomic E-state index is 15.1. The van der Waals surface area contributed by atoms with Crippen molar-refractivity contribution in [3.8, 4) is 17.0 Å². The van der Waals surface area contributed by atoms with Crippen molar-refractivity contribution in [1.82, 2.24) is 29.4 Å². The van der Waals surface area contributed by atoms with Crippen LogP contribution in [-0.2, 0) is 11.3 Å². The quantitative estimate of drug-likeness (QED) is 0.322. The predicted molar refractivity (Wildman–Crippen MR) is 145 cm³/mol. The molecule has 0 unspecified atom stereocenters. The molecule has 1 saturated carbocycles. The number of nitrogens with zero attached hydrogens (tertiary/aromatic N) is 5. The molecule has 0 atom stereocenters. The number of aromatic nitrogens is 5. The summed E-state index contributed by atoms with van der Waals surface area (Å²) in [6.07, 6.45) is 4.61. The number of ether oxygens (including phenoxy) is 1. The molecule has 40 heavy (non-hydrogen) atoms. The van der Waals surface area contributed by atoms with Gasteiger partial charge in [0.15, 0.2) is 5.82 Å². The highest BCUT2D eigenvalue weighted by molar-refractivity contribution is 5.99. The standard InChI is InChI=1S/C28H32F3N7O2/c1-15-33-24-20(29)11-17(12-21(24)38(15)14-22(30)31)19-13-32-25-23(19)26(40-2)36-28(35-25)34-18-7-5-16(6-8-18)27(39)37-9-3-4-10-37/h11-13,16,18,22H,3-10,14H2,1-2H3,(H2,32,34,35,36). The molecule has 9 nitrogen and oxygen atoms in total. The average Bonchev–Trinajstić information content (AvgIpc) is 3.69. The van der Waals surface area contributed by atoms with Gasteiger partial charge in [0.2, 0.25) is 17.7 Å². The fourth-order valence-corrected chi connectivity index (χ4v) is 6.12. The Morgan fingerprint density at radius 3 is 2.60 bits per heavy atom. The van der Waals surface area contributed by atoms with Crippen LogP contribution in [0.25, 0.3) is 33.2 Å². The smallest absolute Gasteiger partial charge is 0.256 e. The van der Waals surface area contributed by atoms with Gasteiger partial charge in [-0.15, -0.1) is 0 Å². The number of amides is 1. The number of hydrogen-bond donors (Lipinski definition) is 2. The number of aromatic amines is 1. The van der Waals surface area contributed by atoms with E-state index in [4.69, 9.17) is 4.74 Å². The number of carbonyl (C=O) groups is 1. The lowest BCUT2D eigenvalue weighted by Gasteiger charge is -2.30. The minimum atomic E-state index is -2.60. The Morgan fingerprint density at radius 2 is 1.90 bits per heavy atom. The van der Waals surface area contributed by atoms with E-state index in [9.17, 15) is 13.6 Å². The molecule has 0 radical (unpaired) electrons. The molecule has 0 bridgehead atoms. The molecule has 1 aromatic carbocycles. The van der Waals surface area contributed by atoms with Crippen LogP contribution < -0.4 is 10.1 Å². The van der Waals surface area contributed by atoms with Gasteiger partial charge in [0.05, 0.1) is 24.6 Å². The van der Waals surface area contributed by atoms with Crippen LogP contribution in [-0.4, -0.2) is 68.0 Å². The number of methoxy groups -OCH3 is 1. The van der Waals surface area contributed by atoms with Gasteiger partial charge in [0.25, 0.3) is 6.43 Å². The van der Waals surface area contributed by atoms with Gasteiger partial charge in [-0.25, -0.2) is 18.2 Å². The molecule has 2 fully saturated rings. The molecule has 6 rings (SSSR count). The first-order chi connectivity index (χ1) is 19.3. The molecule has 0 spiro atoms. The number of halogens is 3. The number of aryl methyl sites for hydroxylation is 1. The molecule has 4 heterocycles. The van der Waals surface area contributed by atoms with E-state index in [1.807, 2.05) is 4.90 Å². The number of fused-ring (bicyclic) bond motifs is 2. The van der Waals surface area contributed by atoms with Crippen molar-refractivity contribution in [2.75, 3.05) is 25.5 Å². The zero-order chi connectivity index (χ0) is 28.0. The van der Waals surface area contributed by atoms with Gasteiger partial charge in [-0.1, -0.05) is 0 Å². The second-order valence-electron chi connectivity index (χ2n) is 10.7. The van der Waals surface area contributed by atoms with Gasteiger partial charge in [-0.2, -0.15) is 9.97 Å². The Hall–Kier alpha value is -3.83. The van der Waals surface area contributed by atoms with Crippen molar-refractivity contribution in [3.63, 3.8) is 0 Å². The summed E-state index contributed by atoms with van der Waals surface area (Å²) in [5, 5.41) is 3.96. The summed E-state index contributed by atoms with van der Waals surface area (Å²) in [6, 6.07) is 3.11. The fraction of sp³-hybridized carbons (Fsp3) is 0.500. The van der Waals surface area contributed by atoms with Crippen molar-refractivity contribution < 1.29 is 22.7 Å². The van der Waals surface area contributed by atoms with Crippen molar-refractivity contribution in [3.05, 3.63) is 30.0 Å². The largest absolute Gasteiger partial charge is 0.480 e. The minimum absolute atomic E-state index is 0.0493. The van der Waals surface area contributed by atoms with Gasteiger partial charge in [0.1, 0.15) is 17.0 Å². The number of benzene rings is 1. The maximum absolute atomic E-state index is 15.1. The zero-order valence-electron chi connectivity index (χ0n) is 22.5. The summed E-state index contributed by atoms with van der Waals surface area (Å²) in [6.45, 7) is 2.76. The number of alkyl halides is 2. The van der Waals surface area contributed by atoms with Crippen LogP contribution in [0, 0.1) is 18.7 Å². The first-order valence-electron chi connectivity index (χ1n) is 13.8. The maximum Gasteiger partial charge on any atom is 0.256 e. The van der Waals surface area contributed by atoms with Crippen LogP contribution in [0.15, 0.2) is 18.3 Å². The molecule has 12 heteroatoms. The average molecular weight is 556 g/mol. The molecular formula is C28H32F3N7O2. The number of H-pyrrole nitrogens is 1. The van der Waals surface area contributed by atoms with Crippen LogP contribution in [0.1, 0.15) is 44.3 Å². The molecule has 1 aliphatic heterocycles. The van der Waals surface area contributed by atoms with Gasteiger partial charge < -0.3 is 24.5 Å². The summed E-state index contributed by atoms with van der Waals surface area (Å²) in [4.78, 5) is 31.3. The number of likely N-dealkylation sites (tertiary alicyclic amines) is 1. The molecule has 3 aromatic heterocycles. The SMILES string of the molecule is COc1nc(NC2CCC(C(=O)N3CCCC3)CC2)nc2[nH]cc(-c3cc(F)c4nc(C)n(CC(F)F)c4c3)c12. The van der Waals surface area contributed by atoms with E-state index in [1.54, 1.807) is 19.2 Å². The van der Waals surface area contributed by atoms with Crippen molar-refractivity contribution >= 4 is 33.9 Å². The lowest BCUT2D eigenvalue weighted by Crippen LogP contribution is -2.37. The van der Waals surface area contributed by atoms with Crippen LogP contribution in [0.3, 0.4) is 0 Å². The summed E-state index contributed by atoms with van der Waals surface area (Å²) < 4.78 is 48.4. The number of carbonyl (C=O) groups excluding carboxylic acids is 1. The third-order valence-electron chi connectivity index (χ3n) is 8.15. The number of imidazole rings is 1. The molecule has 1 saturated heterocycles. The van der Waals surface area contributed by atoms with E-state index in [1.165, 1.54) is 17.7 Å². The lowest BCUT2D eigenvalue weighted by atomic mass is 9.85. The van der Waals surface area contributed by atoms with E-state index in [0.29, 0.717) is 45.3 Å². The molecule has 1 amide bonds. The van der Waals surface area contributed by atoms with E-state index < -0.39 is 18.8 Å². The second-order valence-corrected chi connectivity index (χ2v) is 10.7. The van der Waals surface area contributed by atoms with E-state index in [2.05, 4.69) is 25.3 Å².